The molecule has 0 aliphatic carbocycles. The van der Waals surface area contributed by atoms with E-state index in [1.165, 1.54) is 0 Å². The van der Waals surface area contributed by atoms with Crippen LogP contribution in [0.5, 0.6) is 17.2 Å². The highest BCUT2D eigenvalue weighted by Gasteiger charge is 2.56. The van der Waals surface area contributed by atoms with E-state index in [4.69, 9.17) is 13.9 Å². The molecule has 2 fully saturated rings. The second-order valence-electron chi connectivity index (χ2n) is 8.86. The molecular weight excluding hydrogens is 446 g/mol. The van der Waals surface area contributed by atoms with Gasteiger partial charge in [0.15, 0.2) is 11.5 Å². The van der Waals surface area contributed by atoms with Crippen molar-refractivity contribution in [1.29, 1.82) is 0 Å². The third-order valence-corrected chi connectivity index (χ3v) is 6.66. The molecule has 184 valence electrons. The molecule has 0 radical (unpaired) electrons. The van der Waals surface area contributed by atoms with Crippen LogP contribution in [0.3, 0.4) is 0 Å². The lowest BCUT2D eigenvalue weighted by atomic mass is 9.83. The minimum atomic E-state index is -0.453. The molecule has 8 nitrogen and oxygen atoms in total. The van der Waals surface area contributed by atoms with E-state index in [2.05, 4.69) is 17.8 Å². The molecule has 2 aromatic carbocycles. The Morgan fingerprint density at radius 3 is 2.57 bits per heavy atom. The number of amides is 1. The van der Waals surface area contributed by atoms with Crippen molar-refractivity contribution in [2.75, 3.05) is 13.2 Å². The second kappa shape index (κ2) is 10.0. The average molecular weight is 478 g/mol. The number of rotatable bonds is 9. The fourth-order valence-electron chi connectivity index (χ4n) is 5.17. The summed E-state index contributed by atoms with van der Waals surface area (Å²) in [5.41, 5.74) is 8.15. The number of phenolic OH excluding ortho intramolecular Hbond substituents is 1. The second-order valence-corrected chi connectivity index (χ2v) is 8.86. The minimum absolute atomic E-state index is 0.0221. The molecule has 35 heavy (non-hydrogen) atoms. The number of hydrogen-bond acceptors (Lipinski definition) is 7. The summed E-state index contributed by atoms with van der Waals surface area (Å²) in [5, 5.41) is 10.6. The number of hydrazine groups is 1. The van der Waals surface area contributed by atoms with Gasteiger partial charge in [0, 0.05) is 11.5 Å². The molecule has 4 atom stereocenters. The molecule has 0 spiro atoms. The smallest absolute Gasteiger partial charge is 0.242 e. The van der Waals surface area contributed by atoms with Gasteiger partial charge >= 0.3 is 0 Å². The molecule has 3 N–H and O–H groups in total. The fraction of sp³-hybridized carbons (Fsp3) is 0.370. The van der Waals surface area contributed by atoms with Gasteiger partial charge in [-0.15, -0.1) is 0 Å². The van der Waals surface area contributed by atoms with E-state index in [1.54, 1.807) is 18.4 Å². The number of fused-ring (bicyclic) bond motifs is 1. The normalized spacial score (nSPS) is 23.5. The summed E-state index contributed by atoms with van der Waals surface area (Å²) in [6.07, 6.45) is 2.51. The van der Waals surface area contributed by atoms with Gasteiger partial charge in [0.25, 0.3) is 0 Å². The summed E-state index contributed by atoms with van der Waals surface area (Å²) in [4.78, 5) is 15.5. The molecule has 4 unspecified atom stereocenters. The van der Waals surface area contributed by atoms with Gasteiger partial charge in [0.1, 0.15) is 17.6 Å². The Balaban J connectivity index is 1.58. The average Bonchev–Trinajstić information content (AvgIpc) is 3.59. The van der Waals surface area contributed by atoms with Gasteiger partial charge in [0.2, 0.25) is 5.91 Å². The summed E-state index contributed by atoms with van der Waals surface area (Å²) in [5.74, 6) is 2.06. The van der Waals surface area contributed by atoms with Gasteiger partial charge in [-0.1, -0.05) is 31.2 Å². The topological polar surface area (TPSA) is 96.2 Å². The first-order valence-electron chi connectivity index (χ1n) is 12.1. The van der Waals surface area contributed by atoms with E-state index in [9.17, 15) is 9.90 Å². The van der Waals surface area contributed by atoms with Crippen molar-refractivity contribution in [1.82, 2.24) is 15.8 Å². The first-order valence-corrected chi connectivity index (χ1v) is 12.1. The largest absolute Gasteiger partial charge is 0.508 e. The summed E-state index contributed by atoms with van der Waals surface area (Å²) >= 11 is 0. The van der Waals surface area contributed by atoms with Crippen molar-refractivity contribution in [3.05, 3.63) is 77.7 Å². The van der Waals surface area contributed by atoms with Crippen molar-refractivity contribution in [3.63, 3.8) is 0 Å². The van der Waals surface area contributed by atoms with Crippen LogP contribution in [-0.2, 0) is 11.3 Å². The quantitative estimate of drug-likeness (QED) is 0.427. The molecule has 5 rings (SSSR count). The number of nitrogens with zero attached hydrogens (tertiary/aromatic N) is 1. The number of hydrogen-bond donors (Lipinski definition) is 3. The van der Waals surface area contributed by atoms with E-state index >= 15 is 0 Å². The lowest BCUT2D eigenvalue weighted by molar-refractivity contribution is -0.131. The van der Waals surface area contributed by atoms with Crippen LogP contribution in [0.15, 0.2) is 65.3 Å². The first-order chi connectivity index (χ1) is 17.1. The third-order valence-electron chi connectivity index (χ3n) is 6.66. The Bertz CT molecular complexity index is 1170. The lowest BCUT2D eigenvalue weighted by Crippen LogP contribution is -2.41. The van der Waals surface area contributed by atoms with Crippen LogP contribution in [0.25, 0.3) is 0 Å². The van der Waals surface area contributed by atoms with Crippen LogP contribution >= 0.6 is 0 Å². The predicted octanol–water partition coefficient (Wildman–Crippen LogP) is 4.09. The molecule has 2 aliphatic rings. The number of nitrogens with one attached hydrogen (secondary N) is 2. The molecule has 2 aliphatic heterocycles. The molecule has 0 saturated carbocycles. The summed E-state index contributed by atoms with van der Waals surface area (Å²) in [7, 11) is 0. The van der Waals surface area contributed by atoms with E-state index < -0.39 is 6.04 Å². The number of carbonyl (C=O) groups is 1. The first kappa shape index (κ1) is 23.3. The zero-order chi connectivity index (χ0) is 24.4. The van der Waals surface area contributed by atoms with E-state index in [0.717, 1.165) is 17.5 Å². The maximum atomic E-state index is 13.6. The number of aromatic hydroxyl groups is 1. The van der Waals surface area contributed by atoms with Gasteiger partial charge in [-0.05, 0) is 49.2 Å². The number of benzene rings is 2. The molecule has 3 aromatic rings. The molecular formula is C27H31N3O5. The van der Waals surface area contributed by atoms with E-state index in [-0.39, 0.29) is 29.7 Å². The monoisotopic (exact) mass is 477 g/mol. The number of likely N-dealkylation sites (tertiary alicyclic amines) is 1. The fourth-order valence-corrected chi connectivity index (χ4v) is 5.17. The standard InChI is InChI=1S/C27H31N3O5/c1-3-13-35-21-12-11-17(15-22(21)33-4-2)26-23-24(19-9-5-6-10-20(19)31)28-29-25(23)27(32)30(26)16-18-8-7-14-34-18/h5-12,14-15,23-26,28-29,31H,3-4,13,16H2,1-2H3. The van der Waals surface area contributed by atoms with Crippen molar-refractivity contribution < 1.29 is 23.8 Å². The maximum absolute atomic E-state index is 13.6. The lowest BCUT2D eigenvalue weighted by Gasteiger charge is -2.31. The van der Waals surface area contributed by atoms with Crippen LogP contribution in [0.1, 0.15) is 49.2 Å². The Morgan fingerprint density at radius 1 is 1.00 bits per heavy atom. The predicted molar refractivity (Wildman–Crippen MR) is 130 cm³/mol. The highest BCUT2D eigenvalue weighted by Crippen LogP contribution is 2.50. The van der Waals surface area contributed by atoms with Crippen LogP contribution in [0.4, 0.5) is 0 Å². The van der Waals surface area contributed by atoms with Gasteiger partial charge in [-0.25, -0.2) is 10.9 Å². The van der Waals surface area contributed by atoms with Gasteiger partial charge in [0.05, 0.1) is 38.1 Å². The van der Waals surface area contributed by atoms with E-state index in [1.807, 2.05) is 54.3 Å². The number of para-hydroxylation sites is 1. The Hall–Kier alpha value is -3.49. The van der Waals surface area contributed by atoms with Crippen LogP contribution in [0, 0.1) is 5.92 Å². The maximum Gasteiger partial charge on any atom is 0.242 e. The zero-order valence-electron chi connectivity index (χ0n) is 19.9. The molecule has 1 amide bonds. The summed E-state index contributed by atoms with van der Waals surface area (Å²) in [6.45, 7) is 5.44. The Kier molecular flexibility index (Phi) is 6.66. The molecule has 2 saturated heterocycles. The van der Waals surface area contributed by atoms with Crippen molar-refractivity contribution in [3.8, 4) is 17.2 Å². The summed E-state index contributed by atoms with van der Waals surface area (Å²) < 4.78 is 17.4. The SMILES string of the molecule is CCCOc1ccc(C2C3C(NNC3c3ccccc3O)C(=O)N2Cc2ccco2)cc1OCC. The number of carbonyl (C=O) groups excluding carboxylic acids is 1. The van der Waals surface area contributed by atoms with Gasteiger partial charge in [-0.2, -0.15) is 0 Å². The van der Waals surface area contributed by atoms with Gasteiger partial charge < -0.3 is 23.9 Å². The highest BCUT2D eigenvalue weighted by atomic mass is 16.5. The molecule has 8 heteroatoms. The van der Waals surface area contributed by atoms with Gasteiger partial charge in [-0.3, -0.25) is 4.79 Å². The number of ether oxygens (including phenoxy) is 2. The molecule has 1 aromatic heterocycles. The molecule has 3 heterocycles. The minimum Gasteiger partial charge on any atom is -0.508 e. The molecule has 0 bridgehead atoms. The Morgan fingerprint density at radius 2 is 1.83 bits per heavy atom. The van der Waals surface area contributed by atoms with Crippen LogP contribution in [-0.4, -0.2) is 35.2 Å². The van der Waals surface area contributed by atoms with Crippen molar-refractivity contribution in [2.24, 2.45) is 5.92 Å². The zero-order valence-corrected chi connectivity index (χ0v) is 19.9. The van der Waals surface area contributed by atoms with Crippen LogP contribution < -0.4 is 20.3 Å². The van der Waals surface area contributed by atoms with Crippen molar-refractivity contribution >= 4 is 5.91 Å². The van der Waals surface area contributed by atoms with E-state index in [0.29, 0.717) is 37.0 Å². The summed E-state index contributed by atoms with van der Waals surface area (Å²) in [6, 6.07) is 15.8. The number of furan rings is 1. The highest BCUT2D eigenvalue weighted by molar-refractivity contribution is 5.86. The number of phenols is 1. The Labute approximate surface area is 204 Å². The van der Waals surface area contributed by atoms with Crippen molar-refractivity contribution in [2.45, 2.75) is 44.9 Å². The third kappa shape index (κ3) is 4.35. The van der Waals surface area contributed by atoms with Crippen LogP contribution in [0.2, 0.25) is 0 Å².